The number of methoxy groups -OCH3 is 1. The molecule has 4 amide bonds. The molecule has 1 aromatic heterocycles. The topological polar surface area (TPSA) is 192 Å². The van der Waals surface area contributed by atoms with Gasteiger partial charge >= 0.3 is 22.6 Å². The van der Waals surface area contributed by atoms with Crippen molar-refractivity contribution >= 4 is 44.9 Å². The van der Waals surface area contributed by atoms with E-state index in [4.69, 9.17) is 13.7 Å². The fourth-order valence-corrected chi connectivity index (χ4v) is 7.83. The highest BCUT2D eigenvalue weighted by Crippen LogP contribution is 2.47. The first-order valence-electron chi connectivity index (χ1n) is 17.8. The number of carbonyl (C=O) groups excluding carboxylic acids is 4. The number of fused-ring (bicyclic) bond motifs is 1. The molecule has 19 heteroatoms. The van der Waals surface area contributed by atoms with Crippen molar-refractivity contribution in [1.29, 1.82) is 0 Å². The summed E-state index contributed by atoms with van der Waals surface area (Å²) in [6.07, 6.45) is -3.33. The minimum atomic E-state index is -4.89. The van der Waals surface area contributed by atoms with Crippen LogP contribution in [0.3, 0.4) is 0 Å². The summed E-state index contributed by atoms with van der Waals surface area (Å²) in [7, 11) is -2.99. The van der Waals surface area contributed by atoms with Gasteiger partial charge in [-0.2, -0.15) is 21.6 Å². The van der Waals surface area contributed by atoms with Gasteiger partial charge in [-0.05, 0) is 94.4 Å². The Bertz CT molecular complexity index is 1940. The molecule has 3 aliphatic carbocycles. The minimum Gasteiger partial charge on any atom is -0.497 e. The molecule has 0 unspecified atom stereocenters. The van der Waals surface area contributed by atoms with Crippen LogP contribution in [0.2, 0.25) is 0 Å². The number of rotatable bonds is 14. The Kier molecular flexibility index (Phi) is 10.2. The molecule has 54 heavy (non-hydrogen) atoms. The number of ether oxygens (including phenoxy) is 3. The zero-order chi connectivity index (χ0) is 39.4. The third-order valence-corrected chi connectivity index (χ3v) is 11.6. The van der Waals surface area contributed by atoms with E-state index >= 15 is 0 Å². The number of hydrogen-bond donors (Lipinski definition) is 3. The van der Waals surface area contributed by atoms with E-state index in [1.54, 1.807) is 38.1 Å². The standard InChI is InChI=1S/C35H44F3N5O10S/c1-6-21-17-34(21,30(46)42-54(48,49)53-33(4)12-13-33)41-27(44)25-16-23(51-28-24-10-9-22(50-5)15-20(24)11-14-39-28)18-43(25)29(45)26(19-7-8-19)40-31(47)52-32(2,3)35(36,37)38/h9-11,14-15,19,21,23,25-26H,6-8,12-13,16-18H2,1-5H3,(H,40,47)(H,41,44)(H,42,46)/t21-,23-,25+,26+,34-/m1/s1. The Labute approximate surface area is 310 Å². The van der Waals surface area contributed by atoms with E-state index in [0.717, 1.165) is 10.3 Å². The maximum atomic E-state index is 14.3. The molecular formula is C35H44F3N5O10S. The first-order chi connectivity index (χ1) is 25.2. The van der Waals surface area contributed by atoms with Crippen molar-refractivity contribution in [1.82, 2.24) is 25.2 Å². The second kappa shape index (κ2) is 14.0. The van der Waals surface area contributed by atoms with Gasteiger partial charge in [0, 0.05) is 18.0 Å². The van der Waals surface area contributed by atoms with E-state index in [1.807, 2.05) is 4.72 Å². The normalized spacial score (nSPS) is 25.3. The van der Waals surface area contributed by atoms with E-state index in [-0.39, 0.29) is 25.3 Å². The lowest BCUT2D eigenvalue weighted by atomic mass is 10.1. The molecule has 6 rings (SSSR count). The fraction of sp³-hybridized carbons (Fsp3) is 0.629. The van der Waals surface area contributed by atoms with Gasteiger partial charge < -0.3 is 29.7 Å². The summed E-state index contributed by atoms with van der Waals surface area (Å²) in [4.78, 5) is 60.3. The lowest BCUT2D eigenvalue weighted by Gasteiger charge is -2.31. The lowest BCUT2D eigenvalue weighted by molar-refractivity contribution is -0.244. The van der Waals surface area contributed by atoms with Crippen molar-refractivity contribution in [3.63, 3.8) is 0 Å². The van der Waals surface area contributed by atoms with E-state index in [0.29, 0.717) is 57.1 Å². The predicted octanol–water partition coefficient (Wildman–Crippen LogP) is 3.65. The van der Waals surface area contributed by atoms with Gasteiger partial charge in [-0.3, -0.25) is 14.4 Å². The van der Waals surface area contributed by atoms with Gasteiger partial charge in [-0.1, -0.05) is 13.3 Å². The molecule has 1 aromatic carbocycles. The summed E-state index contributed by atoms with van der Waals surface area (Å²) in [5.74, 6) is -2.64. The molecular weight excluding hydrogens is 739 g/mol. The number of nitrogens with one attached hydrogen (secondary N) is 3. The number of carbonyl (C=O) groups is 4. The van der Waals surface area contributed by atoms with E-state index in [9.17, 15) is 40.8 Å². The van der Waals surface area contributed by atoms with Gasteiger partial charge in [0.2, 0.25) is 23.3 Å². The zero-order valence-electron chi connectivity index (χ0n) is 30.4. The molecule has 5 atom stereocenters. The third-order valence-electron chi connectivity index (χ3n) is 10.6. The molecule has 0 bridgehead atoms. The van der Waals surface area contributed by atoms with Gasteiger partial charge in [0.05, 0.1) is 19.3 Å². The van der Waals surface area contributed by atoms with Gasteiger partial charge in [0.15, 0.2) is 0 Å². The molecule has 296 valence electrons. The summed E-state index contributed by atoms with van der Waals surface area (Å²) in [5.41, 5.74) is -5.40. The molecule has 0 radical (unpaired) electrons. The van der Waals surface area contributed by atoms with Crippen LogP contribution in [-0.4, -0.2) is 96.9 Å². The molecule has 15 nitrogen and oxygen atoms in total. The predicted molar refractivity (Wildman–Crippen MR) is 184 cm³/mol. The second-order valence-electron chi connectivity index (χ2n) is 15.2. The van der Waals surface area contributed by atoms with E-state index in [1.165, 1.54) is 13.3 Å². The van der Waals surface area contributed by atoms with Crippen molar-refractivity contribution in [3.05, 3.63) is 30.5 Å². The Hall–Kier alpha value is -4.39. The number of benzene rings is 1. The van der Waals surface area contributed by atoms with E-state index in [2.05, 4.69) is 20.4 Å². The van der Waals surface area contributed by atoms with Crippen LogP contribution in [0.15, 0.2) is 30.5 Å². The van der Waals surface area contributed by atoms with Crippen LogP contribution in [0, 0.1) is 11.8 Å². The smallest absolute Gasteiger partial charge is 0.427 e. The van der Waals surface area contributed by atoms with Crippen LogP contribution in [0.4, 0.5) is 18.0 Å². The molecule has 2 aromatic rings. The number of alkyl halides is 3. The van der Waals surface area contributed by atoms with Crippen LogP contribution in [-0.2, 0) is 33.6 Å². The number of aromatic nitrogens is 1. The number of amides is 4. The first kappa shape index (κ1) is 39.3. The van der Waals surface area contributed by atoms with Gasteiger partial charge in [-0.25, -0.2) is 18.7 Å². The largest absolute Gasteiger partial charge is 0.497 e. The summed E-state index contributed by atoms with van der Waals surface area (Å²) in [6, 6.07) is 4.33. The van der Waals surface area contributed by atoms with Crippen LogP contribution in [0.25, 0.3) is 10.8 Å². The fourth-order valence-electron chi connectivity index (χ4n) is 6.68. The minimum absolute atomic E-state index is 0.108. The third kappa shape index (κ3) is 8.30. The highest BCUT2D eigenvalue weighted by atomic mass is 32.2. The molecule has 3 N–H and O–H groups in total. The molecule has 3 saturated carbocycles. The average Bonchev–Trinajstić information content (AvgIpc) is 4.03. The molecule has 1 aliphatic heterocycles. The first-order valence-corrected chi connectivity index (χ1v) is 19.2. The summed E-state index contributed by atoms with van der Waals surface area (Å²) in [5, 5.41) is 6.35. The summed E-state index contributed by atoms with van der Waals surface area (Å²) >= 11 is 0. The van der Waals surface area contributed by atoms with Crippen LogP contribution >= 0.6 is 0 Å². The number of nitrogens with zero attached hydrogens (tertiary/aromatic N) is 2. The Morgan fingerprint density at radius 3 is 2.41 bits per heavy atom. The average molecular weight is 784 g/mol. The van der Waals surface area contributed by atoms with Crippen LogP contribution < -0.4 is 24.8 Å². The molecule has 0 spiro atoms. The van der Waals surface area contributed by atoms with Gasteiger partial charge in [0.1, 0.15) is 29.5 Å². The van der Waals surface area contributed by atoms with Crippen molar-refractivity contribution in [2.24, 2.45) is 11.8 Å². The van der Waals surface area contributed by atoms with Gasteiger partial charge in [-0.15, -0.1) is 0 Å². The number of pyridine rings is 1. The number of likely N-dealkylation sites (tertiary alicyclic amines) is 1. The Balaban J connectivity index is 1.25. The molecule has 2 heterocycles. The zero-order valence-corrected chi connectivity index (χ0v) is 31.3. The maximum Gasteiger partial charge on any atom is 0.427 e. The second-order valence-corrected chi connectivity index (χ2v) is 16.5. The van der Waals surface area contributed by atoms with E-state index < -0.39 is 87.1 Å². The Morgan fingerprint density at radius 1 is 1.11 bits per heavy atom. The summed E-state index contributed by atoms with van der Waals surface area (Å²) in [6.45, 7) is 4.52. The molecule has 4 fully saturated rings. The highest BCUT2D eigenvalue weighted by Gasteiger charge is 2.62. The van der Waals surface area contributed by atoms with Crippen molar-refractivity contribution in [2.75, 3.05) is 13.7 Å². The van der Waals surface area contributed by atoms with Crippen LogP contribution in [0.5, 0.6) is 11.6 Å². The quantitative estimate of drug-likeness (QED) is 0.254. The molecule has 4 aliphatic rings. The number of alkyl carbamates (subject to hydrolysis) is 1. The maximum absolute atomic E-state index is 14.3. The van der Waals surface area contributed by atoms with Crippen molar-refractivity contribution in [2.45, 2.75) is 114 Å². The van der Waals surface area contributed by atoms with Crippen molar-refractivity contribution < 1.29 is 59.2 Å². The number of halogens is 3. The van der Waals surface area contributed by atoms with Crippen LogP contribution in [0.1, 0.15) is 72.6 Å². The monoisotopic (exact) mass is 783 g/mol. The lowest BCUT2D eigenvalue weighted by Crippen LogP contribution is -2.59. The van der Waals surface area contributed by atoms with Crippen molar-refractivity contribution in [3.8, 4) is 11.6 Å². The Morgan fingerprint density at radius 2 is 1.81 bits per heavy atom. The van der Waals surface area contributed by atoms with Gasteiger partial charge in [0.25, 0.3) is 5.91 Å². The summed E-state index contributed by atoms with van der Waals surface area (Å²) < 4.78 is 89.3. The molecule has 1 saturated heterocycles. The SMILES string of the molecule is CC[C@@H]1C[C@]1(NC(=O)[C@@H]1C[C@@H](Oc2nccc3cc(OC)ccc23)CN1C(=O)[C@@H](NC(=O)OC(C)(C)C(F)(F)F)C1CC1)C(=O)NS(=O)(=O)OC1(C)CC1. The highest BCUT2D eigenvalue weighted by molar-refractivity contribution is 7.85. The number of hydrogen-bond acceptors (Lipinski definition) is 11.